The third kappa shape index (κ3) is 2.66. The first kappa shape index (κ1) is 12.5. The maximum atomic E-state index is 11.8. The summed E-state index contributed by atoms with van der Waals surface area (Å²) in [5.74, 6) is -1.61. The SMILES string of the molecule is O=C(Nc1cc(Cl)ccc1C(=O)O)c1cscn1. The Kier molecular flexibility index (Phi) is 3.59. The fraction of sp³-hybridized carbons (Fsp3) is 0. The zero-order valence-corrected chi connectivity index (χ0v) is 10.5. The van der Waals surface area contributed by atoms with E-state index in [1.54, 1.807) is 5.38 Å². The van der Waals surface area contributed by atoms with Crippen molar-refractivity contribution in [1.29, 1.82) is 0 Å². The van der Waals surface area contributed by atoms with Gasteiger partial charge in [0.1, 0.15) is 5.69 Å². The Bertz CT molecular complexity index is 598. The van der Waals surface area contributed by atoms with Gasteiger partial charge in [0.05, 0.1) is 16.8 Å². The van der Waals surface area contributed by atoms with Crippen molar-refractivity contribution in [3.63, 3.8) is 0 Å². The lowest BCUT2D eigenvalue weighted by molar-refractivity contribution is 0.0698. The summed E-state index contributed by atoms with van der Waals surface area (Å²) in [7, 11) is 0. The normalized spacial score (nSPS) is 10.1. The lowest BCUT2D eigenvalue weighted by Crippen LogP contribution is -2.15. The van der Waals surface area contributed by atoms with Gasteiger partial charge in [0.25, 0.3) is 5.91 Å². The van der Waals surface area contributed by atoms with Crippen LogP contribution >= 0.6 is 22.9 Å². The summed E-state index contributed by atoms with van der Waals surface area (Å²) in [5, 5.41) is 13.4. The van der Waals surface area contributed by atoms with E-state index in [1.165, 1.54) is 35.0 Å². The number of nitrogens with zero attached hydrogens (tertiary/aromatic N) is 1. The van der Waals surface area contributed by atoms with Gasteiger partial charge < -0.3 is 10.4 Å². The number of halogens is 1. The van der Waals surface area contributed by atoms with Gasteiger partial charge in [-0.15, -0.1) is 11.3 Å². The molecule has 0 aliphatic rings. The fourth-order valence-corrected chi connectivity index (χ4v) is 2.02. The molecule has 1 aromatic carbocycles. The molecule has 0 radical (unpaired) electrons. The van der Waals surface area contributed by atoms with Gasteiger partial charge in [0, 0.05) is 10.4 Å². The monoisotopic (exact) mass is 282 g/mol. The molecule has 0 atom stereocenters. The van der Waals surface area contributed by atoms with Crippen molar-refractivity contribution >= 4 is 40.5 Å². The largest absolute Gasteiger partial charge is 0.478 e. The number of carbonyl (C=O) groups excluding carboxylic acids is 1. The first-order chi connectivity index (χ1) is 8.58. The van der Waals surface area contributed by atoms with Crippen molar-refractivity contribution in [2.75, 3.05) is 5.32 Å². The van der Waals surface area contributed by atoms with Gasteiger partial charge in [-0.25, -0.2) is 9.78 Å². The molecule has 1 heterocycles. The average Bonchev–Trinajstić information content (AvgIpc) is 2.81. The number of anilines is 1. The number of carboxylic acids is 1. The van der Waals surface area contributed by atoms with Crippen molar-refractivity contribution in [2.45, 2.75) is 0 Å². The van der Waals surface area contributed by atoms with Crippen molar-refractivity contribution in [1.82, 2.24) is 4.98 Å². The summed E-state index contributed by atoms with van der Waals surface area (Å²) in [5.41, 5.74) is 1.87. The van der Waals surface area contributed by atoms with Gasteiger partial charge in [-0.2, -0.15) is 0 Å². The summed E-state index contributed by atoms with van der Waals surface area (Å²) in [6, 6.07) is 4.17. The van der Waals surface area contributed by atoms with Gasteiger partial charge in [0.15, 0.2) is 0 Å². The van der Waals surface area contributed by atoms with Crippen LogP contribution in [0.25, 0.3) is 0 Å². The summed E-state index contributed by atoms with van der Waals surface area (Å²) < 4.78 is 0. The molecule has 7 heteroatoms. The van der Waals surface area contributed by atoms with Crippen molar-refractivity contribution < 1.29 is 14.7 Å². The highest BCUT2D eigenvalue weighted by atomic mass is 35.5. The molecule has 2 aromatic rings. The van der Waals surface area contributed by atoms with E-state index in [9.17, 15) is 9.59 Å². The highest BCUT2D eigenvalue weighted by Crippen LogP contribution is 2.21. The van der Waals surface area contributed by atoms with Crippen LogP contribution in [0, 0.1) is 0 Å². The smallest absolute Gasteiger partial charge is 0.337 e. The van der Waals surface area contributed by atoms with Crippen LogP contribution in [0.1, 0.15) is 20.8 Å². The minimum atomic E-state index is -1.14. The third-order valence-corrected chi connectivity index (χ3v) is 2.95. The van der Waals surface area contributed by atoms with Crippen molar-refractivity contribution in [3.8, 4) is 0 Å². The molecule has 0 fully saturated rings. The first-order valence-electron chi connectivity index (χ1n) is 4.80. The van der Waals surface area contributed by atoms with Crippen LogP contribution in [0.3, 0.4) is 0 Å². The molecule has 0 unspecified atom stereocenters. The number of aromatic carboxylic acids is 1. The molecule has 5 nitrogen and oxygen atoms in total. The Balaban J connectivity index is 2.31. The summed E-state index contributed by atoms with van der Waals surface area (Å²) in [6.45, 7) is 0. The standard InChI is InChI=1S/C11H7ClN2O3S/c12-6-1-2-7(11(16)17)8(3-6)14-10(15)9-4-18-5-13-9/h1-5H,(H,14,15)(H,16,17). The Hall–Kier alpha value is -1.92. The Labute approximate surface area is 111 Å². The predicted molar refractivity (Wildman–Crippen MR) is 68.5 cm³/mol. The zero-order chi connectivity index (χ0) is 13.1. The molecule has 92 valence electrons. The van der Waals surface area contributed by atoms with E-state index in [0.29, 0.717) is 5.02 Å². The zero-order valence-electron chi connectivity index (χ0n) is 8.88. The fourth-order valence-electron chi connectivity index (χ4n) is 1.32. The number of nitrogens with one attached hydrogen (secondary N) is 1. The molecule has 0 saturated carbocycles. The molecule has 0 aliphatic heterocycles. The van der Waals surface area contributed by atoms with E-state index in [2.05, 4.69) is 10.3 Å². The van der Waals surface area contributed by atoms with E-state index in [-0.39, 0.29) is 16.9 Å². The van der Waals surface area contributed by atoms with Crippen molar-refractivity contribution in [2.24, 2.45) is 0 Å². The van der Waals surface area contributed by atoms with Gasteiger partial charge in [-0.3, -0.25) is 4.79 Å². The van der Waals surface area contributed by atoms with Crippen LogP contribution in [0.2, 0.25) is 5.02 Å². The topological polar surface area (TPSA) is 79.3 Å². The van der Waals surface area contributed by atoms with Crippen LogP contribution in [0.15, 0.2) is 29.1 Å². The minimum absolute atomic E-state index is 0.0250. The van der Waals surface area contributed by atoms with Crippen LogP contribution in [0.4, 0.5) is 5.69 Å². The number of carboxylic acid groups (broad SMARTS) is 1. The lowest BCUT2D eigenvalue weighted by atomic mass is 10.2. The number of thiazole rings is 1. The van der Waals surface area contributed by atoms with E-state index < -0.39 is 11.9 Å². The predicted octanol–water partition coefficient (Wildman–Crippen LogP) is 2.75. The number of aromatic nitrogens is 1. The molecular weight excluding hydrogens is 276 g/mol. The molecule has 0 saturated heterocycles. The van der Waals surface area contributed by atoms with E-state index >= 15 is 0 Å². The molecule has 2 rings (SSSR count). The van der Waals surface area contributed by atoms with Gasteiger partial charge >= 0.3 is 5.97 Å². The second kappa shape index (κ2) is 5.16. The van der Waals surface area contributed by atoms with E-state index in [1.807, 2.05) is 0 Å². The second-order valence-electron chi connectivity index (χ2n) is 3.32. The Morgan fingerprint density at radius 3 is 2.78 bits per heavy atom. The van der Waals surface area contributed by atoms with Gasteiger partial charge in [-0.1, -0.05) is 11.6 Å². The van der Waals surface area contributed by atoms with Crippen LogP contribution in [-0.2, 0) is 0 Å². The molecular formula is C11H7ClN2O3S. The molecule has 1 amide bonds. The molecule has 0 aliphatic carbocycles. The quantitative estimate of drug-likeness (QED) is 0.907. The second-order valence-corrected chi connectivity index (χ2v) is 4.48. The summed E-state index contributed by atoms with van der Waals surface area (Å²) in [4.78, 5) is 26.6. The third-order valence-electron chi connectivity index (χ3n) is 2.13. The average molecular weight is 283 g/mol. The van der Waals surface area contributed by atoms with Crippen LogP contribution in [0.5, 0.6) is 0 Å². The highest BCUT2D eigenvalue weighted by molar-refractivity contribution is 7.07. The Morgan fingerprint density at radius 2 is 2.17 bits per heavy atom. The first-order valence-corrected chi connectivity index (χ1v) is 6.12. The maximum absolute atomic E-state index is 11.8. The Morgan fingerprint density at radius 1 is 1.39 bits per heavy atom. The van der Waals surface area contributed by atoms with Crippen LogP contribution in [-0.4, -0.2) is 22.0 Å². The molecule has 1 aromatic heterocycles. The number of rotatable bonds is 3. The summed E-state index contributed by atoms with van der Waals surface area (Å²) >= 11 is 7.05. The number of amides is 1. The highest BCUT2D eigenvalue weighted by Gasteiger charge is 2.14. The van der Waals surface area contributed by atoms with E-state index in [0.717, 1.165) is 0 Å². The van der Waals surface area contributed by atoms with Gasteiger partial charge in [0.2, 0.25) is 0 Å². The number of hydrogen-bond donors (Lipinski definition) is 2. The maximum Gasteiger partial charge on any atom is 0.337 e. The summed E-state index contributed by atoms with van der Waals surface area (Å²) in [6.07, 6.45) is 0. The molecule has 18 heavy (non-hydrogen) atoms. The number of benzene rings is 1. The van der Waals surface area contributed by atoms with Crippen molar-refractivity contribution in [3.05, 3.63) is 45.4 Å². The minimum Gasteiger partial charge on any atom is -0.478 e. The molecule has 0 bridgehead atoms. The van der Waals surface area contributed by atoms with E-state index in [4.69, 9.17) is 16.7 Å². The molecule has 2 N–H and O–H groups in total. The number of carbonyl (C=O) groups is 2. The van der Waals surface area contributed by atoms with Crippen LogP contribution < -0.4 is 5.32 Å². The van der Waals surface area contributed by atoms with Gasteiger partial charge in [-0.05, 0) is 18.2 Å². The number of hydrogen-bond acceptors (Lipinski definition) is 4. The molecule has 0 spiro atoms. The lowest BCUT2D eigenvalue weighted by Gasteiger charge is -2.07.